The number of methoxy groups -OCH3 is 1. The van der Waals surface area contributed by atoms with E-state index in [4.69, 9.17) is 16.3 Å². The second kappa shape index (κ2) is 9.29. The Bertz CT molecular complexity index is 1250. The Labute approximate surface area is 208 Å². The average molecular weight is 489 g/mol. The molecule has 178 valence electrons. The SMILES string of the molecule is COC(=O)[C@@]1(Cc2ccccc2)N[C@@H](c2ccc(Cl)cc2)[C@@H]2C(=O)N(Cc3ccccc3)C(=O)[C@@H]21. The standard InChI is InChI=1S/C28H25ClN2O4/c1-35-27(34)28(16-18-8-4-2-5-9-18)23-22(24(30-28)20-12-14-21(29)15-13-20)25(32)31(26(23)33)17-19-10-6-3-7-11-19/h2-15,22-24,30H,16-17H2,1H3/t22-,23-,24+,28+/m1/s1. The zero-order chi connectivity index (χ0) is 24.6. The second-order valence-corrected chi connectivity index (χ2v) is 9.49. The van der Waals surface area contributed by atoms with Crippen molar-refractivity contribution in [1.82, 2.24) is 10.2 Å². The Morgan fingerprint density at radius 2 is 1.51 bits per heavy atom. The van der Waals surface area contributed by atoms with E-state index in [0.29, 0.717) is 5.02 Å². The molecule has 3 aromatic carbocycles. The number of ether oxygens (including phenoxy) is 1. The molecule has 2 fully saturated rings. The molecule has 5 rings (SSSR count). The maximum Gasteiger partial charge on any atom is 0.327 e. The number of rotatable bonds is 6. The predicted molar refractivity (Wildman–Crippen MR) is 131 cm³/mol. The molecule has 0 bridgehead atoms. The molecular weight excluding hydrogens is 464 g/mol. The summed E-state index contributed by atoms with van der Waals surface area (Å²) in [5, 5.41) is 3.96. The predicted octanol–water partition coefficient (Wildman–Crippen LogP) is 3.94. The zero-order valence-electron chi connectivity index (χ0n) is 19.2. The van der Waals surface area contributed by atoms with Crippen molar-refractivity contribution in [2.45, 2.75) is 24.5 Å². The van der Waals surface area contributed by atoms with Gasteiger partial charge in [0.2, 0.25) is 11.8 Å². The number of benzene rings is 3. The molecule has 2 amide bonds. The van der Waals surface area contributed by atoms with Gasteiger partial charge in [0.05, 0.1) is 25.5 Å². The number of esters is 1. The van der Waals surface area contributed by atoms with Crippen LogP contribution in [0.4, 0.5) is 0 Å². The fraction of sp³-hybridized carbons (Fsp3) is 0.250. The summed E-state index contributed by atoms with van der Waals surface area (Å²) in [6, 6.07) is 25.4. The molecule has 2 heterocycles. The molecule has 0 spiro atoms. The minimum atomic E-state index is -1.40. The number of nitrogens with zero attached hydrogens (tertiary/aromatic N) is 1. The van der Waals surface area contributed by atoms with Crippen LogP contribution >= 0.6 is 11.6 Å². The van der Waals surface area contributed by atoms with Crippen LogP contribution in [0.5, 0.6) is 0 Å². The van der Waals surface area contributed by atoms with Crippen LogP contribution < -0.4 is 5.32 Å². The quantitative estimate of drug-likeness (QED) is 0.420. The third-order valence-electron chi connectivity index (χ3n) is 7.03. The molecule has 35 heavy (non-hydrogen) atoms. The normalized spacial score (nSPS) is 25.5. The number of imide groups is 1. The average Bonchev–Trinajstić information content (AvgIpc) is 3.35. The molecule has 4 atom stereocenters. The summed E-state index contributed by atoms with van der Waals surface area (Å²) in [6.07, 6.45) is 0.212. The Kier molecular flexibility index (Phi) is 6.17. The summed E-state index contributed by atoms with van der Waals surface area (Å²) in [5.41, 5.74) is 1.09. The van der Waals surface area contributed by atoms with E-state index >= 15 is 0 Å². The van der Waals surface area contributed by atoms with Gasteiger partial charge in [0.1, 0.15) is 5.54 Å². The maximum absolute atomic E-state index is 13.9. The van der Waals surface area contributed by atoms with Gasteiger partial charge in [0, 0.05) is 17.5 Å². The van der Waals surface area contributed by atoms with Gasteiger partial charge in [-0.3, -0.25) is 24.6 Å². The molecule has 0 unspecified atom stereocenters. The Morgan fingerprint density at radius 3 is 2.11 bits per heavy atom. The summed E-state index contributed by atoms with van der Waals surface area (Å²) in [6.45, 7) is 0.154. The van der Waals surface area contributed by atoms with Crippen LogP contribution in [0.25, 0.3) is 0 Å². The summed E-state index contributed by atoms with van der Waals surface area (Å²) >= 11 is 6.11. The monoisotopic (exact) mass is 488 g/mol. The molecule has 0 saturated carbocycles. The number of carbonyl (C=O) groups is 3. The van der Waals surface area contributed by atoms with Crippen molar-refractivity contribution >= 4 is 29.4 Å². The molecule has 2 aliphatic heterocycles. The lowest BCUT2D eigenvalue weighted by Crippen LogP contribution is -2.57. The van der Waals surface area contributed by atoms with Crippen LogP contribution in [0.3, 0.4) is 0 Å². The maximum atomic E-state index is 13.9. The zero-order valence-corrected chi connectivity index (χ0v) is 19.9. The van der Waals surface area contributed by atoms with E-state index < -0.39 is 29.4 Å². The highest BCUT2D eigenvalue weighted by Crippen LogP contribution is 2.50. The first kappa shape index (κ1) is 23.3. The smallest absolute Gasteiger partial charge is 0.327 e. The molecule has 1 N–H and O–H groups in total. The number of fused-ring (bicyclic) bond motifs is 1. The Hall–Kier alpha value is -3.48. The number of amides is 2. The molecule has 0 aliphatic carbocycles. The van der Waals surface area contributed by atoms with E-state index in [1.807, 2.05) is 72.8 Å². The molecule has 2 aliphatic rings. The van der Waals surface area contributed by atoms with Gasteiger partial charge in [-0.1, -0.05) is 84.4 Å². The molecule has 6 nitrogen and oxygen atoms in total. The molecule has 0 aromatic heterocycles. The van der Waals surface area contributed by atoms with Gasteiger partial charge < -0.3 is 4.74 Å². The minimum absolute atomic E-state index is 0.154. The fourth-order valence-corrected chi connectivity index (χ4v) is 5.59. The van der Waals surface area contributed by atoms with Crippen molar-refractivity contribution in [2.24, 2.45) is 11.8 Å². The van der Waals surface area contributed by atoms with Gasteiger partial charge >= 0.3 is 5.97 Å². The molecule has 2 saturated heterocycles. The second-order valence-electron chi connectivity index (χ2n) is 9.05. The molecular formula is C28H25ClN2O4. The molecule has 3 aromatic rings. The van der Waals surface area contributed by atoms with Crippen molar-refractivity contribution in [3.05, 3.63) is 107 Å². The highest BCUT2D eigenvalue weighted by Gasteiger charge is 2.68. The minimum Gasteiger partial charge on any atom is -0.468 e. The number of halogens is 1. The lowest BCUT2D eigenvalue weighted by atomic mass is 9.76. The Balaban J connectivity index is 1.62. The lowest BCUT2D eigenvalue weighted by molar-refractivity contribution is -0.154. The van der Waals surface area contributed by atoms with Crippen molar-refractivity contribution in [3.8, 4) is 0 Å². The number of nitrogens with one attached hydrogen (secondary N) is 1. The highest BCUT2D eigenvalue weighted by atomic mass is 35.5. The van der Waals surface area contributed by atoms with Crippen LogP contribution in [0.1, 0.15) is 22.7 Å². The van der Waals surface area contributed by atoms with E-state index in [9.17, 15) is 14.4 Å². The van der Waals surface area contributed by atoms with Crippen LogP contribution in [-0.2, 0) is 32.1 Å². The number of likely N-dealkylation sites (tertiary alicyclic amines) is 1. The summed E-state index contributed by atoms with van der Waals surface area (Å²) in [5.74, 6) is -2.89. The topological polar surface area (TPSA) is 75.7 Å². The van der Waals surface area contributed by atoms with Crippen LogP contribution in [-0.4, -0.2) is 35.3 Å². The first-order valence-electron chi connectivity index (χ1n) is 11.5. The molecule has 7 heteroatoms. The van der Waals surface area contributed by atoms with E-state index in [-0.39, 0.29) is 24.8 Å². The number of carbonyl (C=O) groups excluding carboxylic acids is 3. The van der Waals surface area contributed by atoms with E-state index in [0.717, 1.165) is 16.7 Å². The lowest BCUT2D eigenvalue weighted by Gasteiger charge is -2.32. The van der Waals surface area contributed by atoms with Gasteiger partial charge in [-0.25, -0.2) is 0 Å². The van der Waals surface area contributed by atoms with Crippen molar-refractivity contribution in [1.29, 1.82) is 0 Å². The number of hydrogen-bond donors (Lipinski definition) is 1. The third kappa shape index (κ3) is 4.03. The van der Waals surface area contributed by atoms with Gasteiger partial charge in [0.25, 0.3) is 0 Å². The summed E-state index contributed by atoms with van der Waals surface area (Å²) < 4.78 is 5.25. The Morgan fingerprint density at radius 1 is 0.914 bits per heavy atom. The van der Waals surface area contributed by atoms with E-state index in [1.165, 1.54) is 12.0 Å². The molecule has 0 radical (unpaired) electrons. The first-order chi connectivity index (χ1) is 16.9. The van der Waals surface area contributed by atoms with Crippen LogP contribution in [0.2, 0.25) is 5.02 Å². The third-order valence-corrected chi connectivity index (χ3v) is 7.29. The van der Waals surface area contributed by atoms with Gasteiger partial charge in [0.15, 0.2) is 0 Å². The summed E-state index contributed by atoms with van der Waals surface area (Å²) in [7, 11) is 1.31. The van der Waals surface area contributed by atoms with Crippen LogP contribution in [0.15, 0.2) is 84.9 Å². The number of hydrogen-bond acceptors (Lipinski definition) is 5. The van der Waals surface area contributed by atoms with Crippen molar-refractivity contribution in [2.75, 3.05) is 7.11 Å². The largest absolute Gasteiger partial charge is 0.468 e. The van der Waals surface area contributed by atoms with Crippen LogP contribution in [0, 0.1) is 11.8 Å². The first-order valence-corrected chi connectivity index (χ1v) is 11.9. The van der Waals surface area contributed by atoms with E-state index in [2.05, 4.69) is 5.32 Å². The van der Waals surface area contributed by atoms with Crippen molar-refractivity contribution in [3.63, 3.8) is 0 Å². The van der Waals surface area contributed by atoms with Gasteiger partial charge in [-0.15, -0.1) is 0 Å². The fourth-order valence-electron chi connectivity index (χ4n) is 5.46. The van der Waals surface area contributed by atoms with Gasteiger partial charge in [-0.2, -0.15) is 0 Å². The van der Waals surface area contributed by atoms with Gasteiger partial charge in [-0.05, 0) is 28.8 Å². The highest BCUT2D eigenvalue weighted by molar-refractivity contribution is 6.30. The van der Waals surface area contributed by atoms with Crippen molar-refractivity contribution < 1.29 is 19.1 Å². The summed E-state index contributed by atoms with van der Waals surface area (Å²) in [4.78, 5) is 42.4. The van der Waals surface area contributed by atoms with E-state index in [1.54, 1.807) is 12.1 Å².